The Balaban J connectivity index is 2.97. The average molecular weight is 340 g/mol. The molecular weight excluding hydrogens is 318 g/mol. The molecule has 0 aliphatic heterocycles. The van der Waals surface area contributed by atoms with Crippen molar-refractivity contribution in [2.45, 2.75) is 39.8 Å². The van der Waals surface area contributed by atoms with Gasteiger partial charge in [0.2, 0.25) is 0 Å². The van der Waals surface area contributed by atoms with Crippen molar-refractivity contribution in [3.8, 4) is 23.8 Å². The standard InChI is InChI=1S/C16H22BrNO2/c1-6-8-20-15-13(17)9-12(10-14(15)19-7-2)11-18-16(3,4)5/h1,9-10,18H,7-8,11H2,2-5H3. The highest BCUT2D eigenvalue weighted by molar-refractivity contribution is 9.10. The smallest absolute Gasteiger partial charge is 0.176 e. The number of halogens is 1. The third kappa shape index (κ3) is 5.44. The molecule has 0 unspecified atom stereocenters. The first-order valence-corrected chi connectivity index (χ1v) is 7.43. The Morgan fingerprint density at radius 1 is 1.30 bits per heavy atom. The average Bonchev–Trinajstić information content (AvgIpc) is 2.35. The summed E-state index contributed by atoms with van der Waals surface area (Å²) < 4.78 is 12.0. The van der Waals surface area contributed by atoms with Crippen molar-refractivity contribution in [3.63, 3.8) is 0 Å². The van der Waals surface area contributed by atoms with Gasteiger partial charge >= 0.3 is 0 Å². The summed E-state index contributed by atoms with van der Waals surface area (Å²) in [6, 6.07) is 4.01. The minimum absolute atomic E-state index is 0.0664. The molecule has 0 aliphatic rings. The Morgan fingerprint density at radius 2 is 2.00 bits per heavy atom. The minimum Gasteiger partial charge on any atom is -0.490 e. The molecule has 4 heteroatoms. The van der Waals surface area contributed by atoms with E-state index in [4.69, 9.17) is 15.9 Å². The molecule has 1 aromatic carbocycles. The Bertz CT molecular complexity index is 486. The van der Waals surface area contributed by atoms with Crippen LogP contribution in [0.2, 0.25) is 0 Å². The Morgan fingerprint density at radius 3 is 2.55 bits per heavy atom. The number of terminal acetylenes is 1. The van der Waals surface area contributed by atoms with Crippen LogP contribution in [0.25, 0.3) is 0 Å². The number of rotatable bonds is 6. The molecule has 3 nitrogen and oxygen atoms in total. The maximum Gasteiger partial charge on any atom is 0.176 e. The van der Waals surface area contributed by atoms with Gasteiger partial charge in [0, 0.05) is 12.1 Å². The zero-order valence-corrected chi connectivity index (χ0v) is 14.1. The van der Waals surface area contributed by atoms with Crippen molar-refractivity contribution in [3.05, 3.63) is 22.2 Å². The van der Waals surface area contributed by atoms with E-state index in [9.17, 15) is 0 Å². The number of hydrogen-bond acceptors (Lipinski definition) is 3. The van der Waals surface area contributed by atoms with Crippen LogP contribution in [0.15, 0.2) is 16.6 Å². The van der Waals surface area contributed by atoms with Gasteiger partial charge in [-0.05, 0) is 61.3 Å². The lowest BCUT2D eigenvalue weighted by Gasteiger charge is -2.21. The zero-order valence-electron chi connectivity index (χ0n) is 12.5. The topological polar surface area (TPSA) is 30.5 Å². The maximum absolute atomic E-state index is 5.64. The highest BCUT2D eigenvalue weighted by atomic mass is 79.9. The first kappa shape index (κ1) is 16.9. The summed E-state index contributed by atoms with van der Waals surface area (Å²) in [6.45, 7) is 9.91. The normalized spacial score (nSPS) is 11.0. The molecule has 0 saturated carbocycles. The quantitative estimate of drug-likeness (QED) is 0.800. The predicted molar refractivity (Wildman–Crippen MR) is 86.2 cm³/mol. The third-order valence-corrected chi connectivity index (χ3v) is 3.08. The summed E-state index contributed by atoms with van der Waals surface area (Å²) >= 11 is 3.52. The fourth-order valence-corrected chi connectivity index (χ4v) is 2.21. The molecule has 0 atom stereocenters. The first-order valence-electron chi connectivity index (χ1n) is 6.64. The SMILES string of the molecule is C#CCOc1c(Br)cc(CNC(C)(C)C)cc1OCC. The monoisotopic (exact) mass is 339 g/mol. The molecule has 1 aromatic rings. The molecule has 0 amide bonds. The lowest BCUT2D eigenvalue weighted by atomic mass is 10.1. The van der Waals surface area contributed by atoms with E-state index in [1.165, 1.54) is 0 Å². The van der Waals surface area contributed by atoms with E-state index in [1.54, 1.807) is 0 Å². The fraction of sp³-hybridized carbons (Fsp3) is 0.500. The van der Waals surface area contributed by atoms with E-state index in [1.807, 2.05) is 19.1 Å². The molecule has 0 spiro atoms. The molecular formula is C16H22BrNO2. The van der Waals surface area contributed by atoms with Crippen molar-refractivity contribution < 1.29 is 9.47 Å². The molecule has 0 fully saturated rings. The summed E-state index contributed by atoms with van der Waals surface area (Å²) in [4.78, 5) is 0. The van der Waals surface area contributed by atoms with Crippen LogP contribution < -0.4 is 14.8 Å². The van der Waals surface area contributed by atoms with Crippen LogP contribution in [0.1, 0.15) is 33.3 Å². The Hall–Kier alpha value is -1.18. The number of hydrogen-bond donors (Lipinski definition) is 1. The van der Waals surface area contributed by atoms with Crippen LogP contribution in [-0.2, 0) is 6.54 Å². The molecule has 0 aromatic heterocycles. The molecule has 1 rings (SSSR count). The van der Waals surface area contributed by atoms with E-state index < -0.39 is 0 Å². The summed E-state index contributed by atoms with van der Waals surface area (Å²) in [5, 5.41) is 3.45. The fourth-order valence-electron chi connectivity index (χ4n) is 1.61. The van der Waals surface area contributed by atoms with E-state index in [0.717, 1.165) is 16.6 Å². The third-order valence-electron chi connectivity index (χ3n) is 2.49. The van der Waals surface area contributed by atoms with Crippen molar-refractivity contribution in [1.29, 1.82) is 0 Å². The summed E-state index contributed by atoms with van der Waals surface area (Å²) in [5.74, 6) is 3.83. The molecule has 0 heterocycles. The second-order valence-electron chi connectivity index (χ2n) is 5.43. The Kier molecular flexibility index (Phi) is 6.38. The largest absolute Gasteiger partial charge is 0.490 e. The van der Waals surface area contributed by atoms with Crippen LogP contribution in [-0.4, -0.2) is 18.8 Å². The molecule has 1 N–H and O–H groups in total. The lowest BCUT2D eigenvalue weighted by Crippen LogP contribution is -2.35. The number of benzene rings is 1. The predicted octanol–water partition coefficient (Wildman–Crippen LogP) is 3.75. The highest BCUT2D eigenvalue weighted by Crippen LogP contribution is 2.37. The van der Waals surface area contributed by atoms with E-state index in [0.29, 0.717) is 18.1 Å². The van der Waals surface area contributed by atoms with Crippen molar-refractivity contribution in [1.82, 2.24) is 5.32 Å². The first-order chi connectivity index (χ1) is 9.37. The number of ether oxygens (including phenoxy) is 2. The van der Waals surface area contributed by atoms with Crippen molar-refractivity contribution in [2.24, 2.45) is 0 Å². The highest BCUT2D eigenvalue weighted by Gasteiger charge is 2.14. The molecule has 0 radical (unpaired) electrons. The van der Waals surface area contributed by atoms with Crippen LogP contribution in [0.5, 0.6) is 11.5 Å². The van der Waals surface area contributed by atoms with Gasteiger partial charge in [0.1, 0.15) is 6.61 Å². The van der Waals surface area contributed by atoms with Crippen LogP contribution in [0, 0.1) is 12.3 Å². The summed E-state index contributed by atoms with van der Waals surface area (Å²) in [5.41, 5.74) is 1.19. The second-order valence-corrected chi connectivity index (χ2v) is 6.29. The zero-order chi connectivity index (χ0) is 15.2. The van der Waals surface area contributed by atoms with E-state index >= 15 is 0 Å². The summed E-state index contributed by atoms with van der Waals surface area (Å²) in [7, 11) is 0. The van der Waals surface area contributed by atoms with Gasteiger partial charge in [0.15, 0.2) is 11.5 Å². The van der Waals surface area contributed by atoms with Crippen LogP contribution in [0.3, 0.4) is 0 Å². The van der Waals surface area contributed by atoms with Gasteiger partial charge in [0.25, 0.3) is 0 Å². The van der Waals surface area contributed by atoms with Gasteiger partial charge in [-0.25, -0.2) is 0 Å². The summed E-state index contributed by atoms with van der Waals surface area (Å²) in [6.07, 6.45) is 5.23. The van der Waals surface area contributed by atoms with E-state index in [2.05, 4.69) is 47.9 Å². The minimum atomic E-state index is 0.0664. The van der Waals surface area contributed by atoms with Crippen LogP contribution in [0.4, 0.5) is 0 Å². The lowest BCUT2D eigenvalue weighted by molar-refractivity contribution is 0.297. The molecule has 0 saturated heterocycles. The van der Waals surface area contributed by atoms with Gasteiger partial charge in [-0.15, -0.1) is 6.42 Å². The van der Waals surface area contributed by atoms with Gasteiger partial charge in [0.05, 0.1) is 11.1 Å². The van der Waals surface area contributed by atoms with Gasteiger partial charge < -0.3 is 14.8 Å². The van der Waals surface area contributed by atoms with Gasteiger partial charge in [-0.3, -0.25) is 0 Å². The molecule has 110 valence electrons. The maximum atomic E-state index is 5.64. The Labute approximate surface area is 130 Å². The van der Waals surface area contributed by atoms with E-state index in [-0.39, 0.29) is 12.1 Å². The number of nitrogens with one attached hydrogen (secondary N) is 1. The van der Waals surface area contributed by atoms with Crippen LogP contribution >= 0.6 is 15.9 Å². The molecule has 20 heavy (non-hydrogen) atoms. The van der Waals surface area contributed by atoms with Crippen molar-refractivity contribution in [2.75, 3.05) is 13.2 Å². The second kappa shape index (κ2) is 7.56. The molecule has 0 bridgehead atoms. The van der Waals surface area contributed by atoms with Gasteiger partial charge in [-0.1, -0.05) is 5.92 Å². The van der Waals surface area contributed by atoms with Crippen molar-refractivity contribution >= 4 is 15.9 Å². The molecule has 0 aliphatic carbocycles. The van der Waals surface area contributed by atoms with Gasteiger partial charge in [-0.2, -0.15) is 0 Å².